The van der Waals surface area contributed by atoms with E-state index in [4.69, 9.17) is 0 Å². The molecule has 0 spiro atoms. The second kappa shape index (κ2) is 4.27. The van der Waals surface area contributed by atoms with Gasteiger partial charge in [-0.2, -0.15) is 0 Å². The van der Waals surface area contributed by atoms with Gasteiger partial charge >= 0.3 is 0 Å². The van der Waals surface area contributed by atoms with Gasteiger partial charge < -0.3 is 4.43 Å². The second-order valence-electron chi connectivity index (χ2n) is 1.46. The molecule has 0 aromatic carbocycles. The summed E-state index contributed by atoms with van der Waals surface area (Å²) in [5.74, 6) is 0. The molecule has 0 aliphatic heterocycles. The van der Waals surface area contributed by atoms with Gasteiger partial charge in [-0.1, -0.05) is 6.92 Å². The molecule has 3 heteroatoms. The number of rotatable bonds is 3. The molecule has 0 saturated heterocycles. The van der Waals surface area contributed by atoms with Crippen LogP contribution < -0.4 is 0 Å². The Morgan fingerprint density at radius 3 is 2.57 bits per heavy atom. The smallest absolute Gasteiger partial charge is 0.146 e. The molecule has 0 rings (SSSR count). The minimum Gasteiger partial charge on any atom is -0.425 e. The van der Waals surface area contributed by atoms with Gasteiger partial charge in [-0.25, -0.2) is 4.39 Å². The van der Waals surface area contributed by atoms with Crippen LogP contribution in [-0.2, 0) is 4.43 Å². The van der Waals surface area contributed by atoms with Gasteiger partial charge in [0.2, 0.25) is 0 Å². The number of hydrogen-bond donors (Lipinski definition) is 0. The Kier molecular flexibility index (Phi) is 4.34. The van der Waals surface area contributed by atoms with E-state index in [9.17, 15) is 4.39 Å². The van der Waals surface area contributed by atoms with Crippen LogP contribution in [0, 0.1) is 0 Å². The Hall–Kier alpha value is 0.107. The largest absolute Gasteiger partial charge is 0.425 e. The highest BCUT2D eigenvalue weighted by atomic mass is 28.2. The van der Waals surface area contributed by atoms with E-state index in [1.165, 1.54) is 0 Å². The van der Waals surface area contributed by atoms with Crippen molar-refractivity contribution >= 4 is 10.5 Å². The van der Waals surface area contributed by atoms with Gasteiger partial charge in [0.15, 0.2) is 0 Å². The third-order valence-corrected chi connectivity index (χ3v) is 1.12. The molecule has 0 fully saturated rings. The Morgan fingerprint density at radius 2 is 2.43 bits per heavy atom. The summed E-state index contributed by atoms with van der Waals surface area (Å²) in [5.41, 5.74) is 0. The molecule has 0 saturated carbocycles. The SMILES string of the molecule is CCC(F)CO[SiH3]. The lowest BCUT2D eigenvalue weighted by Gasteiger charge is -2.00. The predicted octanol–water partition coefficient (Wildman–Crippen LogP) is 0.0315. The van der Waals surface area contributed by atoms with E-state index < -0.39 is 6.17 Å². The van der Waals surface area contributed by atoms with E-state index in [2.05, 4.69) is 4.43 Å². The molecule has 0 aromatic heterocycles. The molecule has 0 N–H and O–H groups in total. The zero-order chi connectivity index (χ0) is 5.70. The van der Waals surface area contributed by atoms with Crippen molar-refractivity contribution in [3.05, 3.63) is 0 Å². The first kappa shape index (κ1) is 7.11. The average Bonchev–Trinajstić information content (AvgIpc) is 1.68. The van der Waals surface area contributed by atoms with Crippen molar-refractivity contribution < 1.29 is 8.82 Å². The van der Waals surface area contributed by atoms with Gasteiger partial charge in [0.1, 0.15) is 16.7 Å². The summed E-state index contributed by atoms with van der Waals surface area (Å²) in [5, 5.41) is 0. The molecule has 1 unspecified atom stereocenters. The monoisotopic (exact) mass is 122 g/mol. The molecular weight excluding hydrogens is 111 g/mol. The van der Waals surface area contributed by atoms with E-state index in [0.29, 0.717) is 23.5 Å². The lowest BCUT2D eigenvalue weighted by molar-refractivity contribution is 0.203. The summed E-state index contributed by atoms with van der Waals surface area (Å²) in [7, 11) is 0.651. The normalized spacial score (nSPS) is 14.6. The van der Waals surface area contributed by atoms with Crippen LogP contribution in [0.15, 0.2) is 0 Å². The summed E-state index contributed by atoms with van der Waals surface area (Å²) in [6.45, 7) is 2.11. The maximum absolute atomic E-state index is 12.0. The Morgan fingerprint density at radius 1 is 1.86 bits per heavy atom. The maximum Gasteiger partial charge on any atom is 0.146 e. The zero-order valence-electron chi connectivity index (χ0n) is 4.78. The van der Waals surface area contributed by atoms with Gasteiger partial charge in [-0.05, 0) is 6.42 Å². The Labute approximate surface area is 46.4 Å². The van der Waals surface area contributed by atoms with Crippen molar-refractivity contribution in [2.45, 2.75) is 19.5 Å². The topological polar surface area (TPSA) is 9.23 Å². The molecule has 0 aliphatic carbocycles. The van der Waals surface area contributed by atoms with Crippen molar-refractivity contribution in [3.63, 3.8) is 0 Å². The summed E-state index contributed by atoms with van der Waals surface area (Å²) in [4.78, 5) is 0. The van der Waals surface area contributed by atoms with Crippen LogP contribution in [0.3, 0.4) is 0 Å². The highest BCUT2D eigenvalue weighted by molar-refractivity contribution is 5.97. The predicted molar refractivity (Wildman–Crippen MR) is 31.1 cm³/mol. The molecule has 7 heavy (non-hydrogen) atoms. The summed E-state index contributed by atoms with van der Waals surface area (Å²) in [6.07, 6.45) is -0.167. The van der Waals surface area contributed by atoms with Gasteiger partial charge in [0, 0.05) is 0 Å². The molecule has 0 amide bonds. The lowest BCUT2D eigenvalue weighted by Crippen LogP contribution is -2.06. The van der Waals surface area contributed by atoms with Crippen molar-refractivity contribution in [1.29, 1.82) is 0 Å². The first-order chi connectivity index (χ1) is 3.31. The van der Waals surface area contributed by atoms with E-state index in [0.717, 1.165) is 0 Å². The zero-order valence-corrected chi connectivity index (χ0v) is 6.78. The molecule has 1 atom stereocenters. The molecule has 0 bridgehead atoms. The van der Waals surface area contributed by atoms with Crippen LogP contribution in [0.5, 0.6) is 0 Å². The highest BCUT2D eigenvalue weighted by Gasteiger charge is 1.97. The van der Waals surface area contributed by atoms with Crippen molar-refractivity contribution in [2.24, 2.45) is 0 Å². The minimum absolute atomic E-state index is 0.294. The fourth-order valence-corrected chi connectivity index (χ4v) is 0.660. The van der Waals surface area contributed by atoms with Crippen LogP contribution in [0.2, 0.25) is 0 Å². The van der Waals surface area contributed by atoms with E-state index in [1.54, 1.807) is 0 Å². The summed E-state index contributed by atoms with van der Waals surface area (Å²) < 4.78 is 16.7. The lowest BCUT2D eigenvalue weighted by atomic mass is 10.3. The average molecular weight is 122 g/mol. The molecule has 0 aromatic rings. The molecule has 44 valence electrons. The fourth-order valence-electron chi connectivity index (χ4n) is 0.299. The summed E-state index contributed by atoms with van der Waals surface area (Å²) >= 11 is 0. The quantitative estimate of drug-likeness (QED) is 0.480. The second-order valence-corrected chi connectivity index (χ2v) is 2.04. The van der Waals surface area contributed by atoms with Gasteiger partial charge in [0.05, 0.1) is 6.61 Å². The molecule has 0 heterocycles. The van der Waals surface area contributed by atoms with E-state index in [1.807, 2.05) is 6.92 Å². The van der Waals surface area contributed by atoms with Gasteiger partial charge in [0.25, 0.3) is 0 Å². The van der Waals surface area contributed by atoms with Crippen molar-refractivity contribution in [3.8, 4) is 0 Å². The van der Waals surface area contributed by atoms with Gasteiger partial charge in [-0.15, -0.1) is 0 Å². The minimum atomic E-state index is -0.738. The van der Waals surface area contributed by atoms with Crippen LogP contribution in [0.4, 0.5) is 4.39 Å². The van der Waals surface area contributed by atoms with Crippen molar-refractivity contribution in [2.75, 3.05) is 6.61 Å². The Bertz CT molecular complexity index is 42.7. The van der Waals surface area contributed by atoms with Crippen LogP contribution in [0.25, 0.3) is 0 Å². The molecular formula is C4H11FOSi. The molecule has 1 nitrogen and oxygen atoms in total. The number of halogens is 1. The summed E-state index contributed by atoms with van der Waals surface area (Å²) in [6, 6.07) is 0. The highest BCUT2D eigenvalue weighted by Crippen LogP contribution is 1.94. The maximum atomic E-state index is 12.0. The van der Waals surface area contributed by atoms with E-state index >= 15 is 0 Å². The van der Waals surface area contributed by atoms with Crippen molar-refractivity contribution in [1.82, 2.24) is 0 Å². The first-order valence-corrected chi connectivity index (χ1v) is 3.26. The molecule has 0 radical (unpaired) electrons. The third-order valence-electron chi connectivity index (χ3n) is 0.790. The first-order valence-electron chi connectivity index (χ1n) is 2.44. The fraction of sp³-hybridized carbons (Fsp3) is 1.00. The van der Waals surface area contributed by atoms with Crippen LogP contribution >= 0.6 is 0 Å². The Balaban J connectivity index is 2.83. The van der Waals surface area contributed by atoms with Gasteiger partial charge in [-0.3, -0.25) is 0 Å². The van der Waals surface area contributed by atoms with Crippen LogP contribution in [-0.4, -0.2) is 23.3 Å². The standard InChI is InChI=1S/C4H11FOSi/c1-2-4(5)3-6-7/h4H,2-3H2,1,7H3. The number of hydrogen-bond acceptors (Lipinski definition) is 1. The van der Waals surface area contributed by atoms with E-state index in [-0.39, 0.29) is 0 Å². The third kappa shape index (κ3) is 3.95. The number of alkyl halides is 1. The molecule has 0 aliphatic rings. The van der Waals surface area contributed by atoms with Crippen LogP contribution in [0.1, 0.15) is 13.3 Å².